The summed E-state index contributed by atoms with van der Waals surface area (Å²) in [5, 5.41) is 4.15. The first-order valence-electron chi connectivity index (χ1n) is 8.14. The Balaban J connectivity index is 1.83. The molecule has 0 aliphatic heterocycles. The van der Waals surface area contributed by atoms with Gasteiger partial charge >= 0.3 is 0 Å². The second kappa shape index (κ2) is 7.73. The van der Waals surface area contributed by atoms with E-state index in [1.54, 1.807) is 24.3 Å². The summed E-state index contributed by atoms with van der Waals surface area (Å²) in [5.74, 6) is -0.407. The van der Waals surface area contributed by atoms with Crippen LogP contribution >= 0.6 is 23.2 Å². The molecule has 6 heteroatoms. The van der Waals surface area contributed by atoms with Gasteiger partial charge in [-0.2, -0.15) is 0 Å². The fourth-order valence-corrected chi connectivity index (χ4v) is 3.24. The molecule has 25 heavy (non-hydrogen) atoms. The lowest BCUT2D eigenvalue weighted by Crippen LogP contribution is -2.39. The summed E-state index contributed by atoms with van der Waals surface area (Å²) in [6.45, 7) is 0.468. The van der Waals surface area contributed by atoms with E-state index in [9.17, 15) is 9.18 Å². The van der Waals surface area contributed by atoms with Crippen molar-refractivity contribution in [1.82, 2.24) is 10.2 Å². The molecule has 0 heterocycles. The molecule has 0 radical (unpaired) electrons. The lowest BCUT2D eigenvalue weighted by atomic mass is 10.0. The second-order valence-corrected chi connectivity index (χ2v) is 7.23. The largest absolute Gasteiger partial charge is 0.352 e. The van der Waals surface area contributed by atoms with Crippen molar-refractivity contribution in [3.8, 4) is 0 Å². The van der Waals surface area contributed by atoms with Crippen LogP contribution in [0.4, 0.5) is 4.39 Å². The van der Waals surface area contributed by atoms with Crippen LogP contribution in [0.2, 0.25) is 10.0 Å². The Hall–Kier alpha value is -1.62. The van der Waals surface area contributed by atoms with Crippen LogP contribution in [0.1, 0.15) is 30.0 Å². The number of nitrogens with zero attached hydrogens (tertiary/aromatic N) is 1. The van der Waals surface area contributed by atoms with Crippen LogP contribution in [0.5, 0.6) is 0 Å². The summed E-state index contributed by atoms with van der Waals surface area (Å²) in [5.41, 5.74) is 1.62. The molecule has 132 valence electrons. The van der Waals surface area contributed by atoms with Crippen LogP contribution in [0.25, 0.3) is 0 Å². The van der Waals surface area contributed by atoms with E-state index in [0.717, 1.165) is 24.0 Å². The predicted octanol–water partition coefficient (Wildman–Crippen LogP) is 4.58. The van der Waals surface area contributed by atoms with E-state index in [1.807, 2.05) is 18.0 Å². The molecular formula is C19H19Cl2FN2O. The number of carbonyl (C=O) groups is 1. The molecule has 1 saturated carbocycles. The summed E-state index contributed by atoms with van der Waals surface area (Å²) in [7, 11) is 1.85. The van der Waals surface area contributed by atoms with Gasteiger partial charge in [0.15, 0.2) is 0 Å². The van der Waals surface area contributed by atoms with Crippen LogP contribution in [0.15, 0.2) is 42.5 Å². The smallest absolute Gasteiger partial charge is 0.242 e. The van der Waals surface area contributed by atoms with Crippen molar-refractivity contribution in [1.29, 1.82) is 0 Å². The Bertz CT molecular complexity index is 763. The molecule has 2 aromatic rings. The monoisotopic (exact) mass is 380 g/mol. The molecule has 2 aromatic carbocycles. The maximum Gasteiger partial charge on any atom is 0.242 e. The average Bonchev–Trinajstić information content (AvgIpc) is 3.36. The zero-order valence-corrected chi connectivity index (χ0v) is 15.3. The molecule has 1 aliphatic rings. The number of amides is 1. The standard InChI is InChI=1S/C19H19Cl2FN2O/c1-24(11-13-2-5-14(20)10-17(13)21)18(19(25)23-16-8-9-16)12-3-6-15(22)7-4-12/h2-7,10,16,18H,8-9,11H2,1H3,(H,23,25)/t18-/m1/s1. The molecule has 0 bridgehead atoms. The summed E-state index contributed by atoms with van der Waals surface area (Å²) in [6.07, 6.45) is 2.02. The summed E-state index contributed by atoms with van der Waals surface area (Å²) >= 11 is 12.2. The van der Waals surface area contributed by atoms with Gasteiger partial charge in [0.25, 0.3) is 0 Å². The van der Waals surface area contributed by atoms with Crippen molar-refractivity contribution in [2.75, 3.05) is 7.05 Å². The zero-order valence-electron chi connectivity index (χ0n) is 13.8. The van der Waals surface area contributed by atoms with Gasteiger partial charge in [-0.25, -0.2) is 4.39 Å². The Morgan fingerprint density at radius 2 is 1.92 bits per heavy atom. The summed E-state index contributed by atoms with van der Waals surface area (Å²) in [4.78, 5) is 14.7. The van der Waals surface area contributed by atoms with Gasteiger partial charge in [-0.1, -0.05) is 41.4 Å². The first-order valence-corrected chi connectivity index (χ1v) is 8.89. The van der Waals surface area contributed by atoms with E-state index in [2.05, 4.69) is 5.32 Å². The van der Waals surface area contributed by atoms with Gasteiger partial charge in [0.05, 0.1) is 0 Å². The quantitative estimate of drug-likeness (QED) is 0.794. The number of halogens is 3. The molecule has 0 aromatic heterocycles. The maximum absolute atomic E-state index is 13.3. The average molecular weight is 381 g/mol. The highest BCUT2D eigenvalue weighted by Gasteiger charge is 2.31. The molecule has 0 unspecified atom stereocenters. The van der Waals surface area contributed by atoms with Gasteiger partial charge < -0.3 is 5.32 Å². The summed E-state index contributed by atoms with van der Waals surface area (Å²) < 4.78 is 13.3. The first kappa shape index (κ1) is 18.2. The number of benzene rings is 2. The number of likely N-dealkylation sites (N-methyl/N-ethyl adjacent to an activating group) is 1. The Labute approximate surface area is 156 Å². The number of nitrogens with one attached hydrogen (secondary N) is 1. The lowest BCUT2D eigenvalue weighted by molar-refractivity contribution is -0.126. The van der Waals surface area contributed by atoms with E-state index in [0.29, 0.717) is 16.6 Å². The fraction of sp³-hybridized carbons (Fsp3) is 0.316. The third-order valence-corrected chi connectivity index (χ3v) is 4.82. The van der Waals surface area contributed by atoms with Crippen molar-refractivity contribution in [2.45, 2.75) is 31.5 Å². The van der Waals surface area contributed by atoms with E-state index in [-0.39, 0.29) is 17.8 Å². The Morgan fingerprint density at radius 1 is 1.24 bits per heavy atom. The highest BCUT2D eigenvalue weighted by Crippen LogP contribution is 2.28. The normalized spacial score (nSPS) is 15.2. The van der Waals surface area contributed by atoms with E-state index >= 15 is 0 Å². The zero-order chi connectivity index (χ0) is 18.0. The Morgan fingerprint density at radius 3 is 2.52 bits per heavy atom. The number of rotatable bonds is 6. The molecule has 1 atom stereocenters. The van der Waals surface area contributed by atoms with Crippen molar-refractivity contribution in [3.63, 3.8) is 0 Å². The van der Waals surface area contributed by atoms with Gasteiger partial charge in [-0.05, 0) is 55.3 Å². The minimum atomic E-state index is -0.520. The van der Waals surface area contributed by atoms with Crippen molar-refractivity contribution < 1.29 is 9.18 Å². The number of hydrogen-bond acceptors (Lipinski definition) is 2. The van der Waals surface area contributed by atoms with Gasteiger partial charge in [-0.15, -0.1) is 0 Å². The van der Waals surface area contributed by atoms with Crippen LogP contribution in [-0.4, -0.2) is 23.9 Å². The Kier molecular flexibility index (Phi) is 5.62. The third kappa shape index (κ3) is 4.72. The van der Waals surface area contributed by atoms with Crippen molar-refractivity contribution in [2.24, 2.45) is 0 Å². The van der Waals surface area contributed by atoms with Crippen LogP contribution in [0.3, 0.4) is 0 Å². The molecule has 1 fully saturated rings. The van der Waals surface area contributed by atoms with Crippen LogP contribution in [0, 0.1) is 5.82 Å². The van der Waals surface area contributed by atoms with Crippen LogP contribution in [-0.2, 0) is 11.3 Å². The molecular weight excluding hydrogens is 362 g/mol. The first-order chi connectivity index (χ1) is 11.9. The van der Waals surface area contributed by atoms with Crippen molar-refractivity contribution in [3.05, 3.63) is 69.5 Å². The minimum Gasteiger partial charge on any atom is -0.352 e. The number of carbonyl (C=O) groups excluding carboxylic acids is 1. The minimum absolute atomic E-state index is 0.0818. The van der Waals surface area contributed by atoms with Crippen molar-refractivity contribution >= 4 is 29.1 Å². The molecule has 1 aliphatic carbocycles. The highest BCUT2D eigenvalue weighted by atomic mass is 35.5. The molecule has 0 saturated heterocycles. The number of hydrogen-bond donors (Lipinski definition) is 1. The van der Waals surface area contributed by atoms with Gasteiger partial charge in [0.1, 0.15) is 11.9 Å². The lowest BCUT2D eigenvalue weighted by Gasteiger charge is -2.28. The predicted molar refractivity (Wildman–Crippen MR) is 98.2 cm³/mol. The topological polar surface area (TPSA) is 32.3 Å². The molecule has 1 amide bonds. The highest BCUT2D eigenvalue weighted by molar-refractivity contribution is 6.35. The molecule has 1 N–H and O–H groups in total. The van der Waals surface area contributed by atoms with E-state index < -0.39 is 6.04 Å². The second-order valence-electron chi connectivity index (χ2n) is 6.39. The molecule has 3 rings (SSSR count). The fourth-order valence-electron chi connectivity index (χ4n) is 2.77. The maximum atomic E-state index is 13.3. The molecule has 3 nitrogen and oxygen atoms in total. The van der Waals surface area contributed by atoms with Gasteiger partial charge in [0.2, 0.25) is 5.91 Å². The third-order valence-electron chi connectivity index (χ3n) is 4.23. The van der Waals surface area contributed by atoms with Crippen LogP contribution < -0.4 is 5.32 Å². The van der Waals surface area contributed by atoms with E-state index in [4.69, 9.17) is 23.2 Å². The SMILES string of the molecule is CN(Cc1ccc(Cl)cc1Cl)[C@@H](C(=O)NC1CC1)c1ccc(F)cc1. The van der Waals surface area contributed by atoms with Gasteiger partial charge in [-0.3, -0.25) is 9.69 Å². The molecule has 0 spiro atoms. The summed E-state index contributed by atoms with van der Waals surface area (Å²) in [6, 6.07) is 11.1. The van der Waals surface area contributed by atoms with Gasteiger partial charge in [0, 0.05) is 22.6 Å². The van der Waals surface area contributed by atoms with E-state index in [1.165, 1.54) is 12.1 Å².